The number of carbonyl (C=O) groups excluding carboxylic acids is 1. The lowest BCUT2D eigenvalue weighted by molar-refractivity contribution is -0.384. The van der Waals surface area contributed by atoms with Gasteiger partial charge in [0.25, 0.3) is 0 Å². The Labute approximate surface area is 175 Å². The van der Waals surface area contributed by atoms with E-state index in [4.69, 9.17) is 0 Å². The molecule has 30 heavy (non-hydrogen) atoms. The zero-order valence-electron chi connectivity index (χ0n) is 17.1. The van der Waals surface area contributed by atoms with Gasteiger partial charge in [-0.1, -0.05) is 42.5 Å². The van der Waals surface area contributed by atoms with Gasteiger partial charge in [-0.2, -0.15) is 0 Å². The lowest BCUT2D eigenvalue weighted by Gasteiger charge is -2.28. The first-order chi connectivity index (χ1) is 14.5. The minimum absolute atomic E-state index is 0.0548. The summed E-state index contributed by atoms with van der Waals surface area (Å²) in [4.78, 5) is 30.8. The smallest absolute Gasteiger partial charge is 0.310 e. The summed E-state index contributed by atoms with van der Waals surface area (Å²) in [7, 11) is 3.99. The predicted octanol–water partition coefficient (Wildman–Crippen LogP) is 4.56. The largest absolute Gasteiger partial charge is 0.335 e. The summed E-state index contributed by atoms with van der Waals surface area (Å²) in [5.41, 5.74) is 3.43. The van der Waals surface area contributed by atoms with Gasteiger partial charge < -0.3 is 9.80 Å². The molecular formula is C23H24N4O3. The van der Waals surface area contributed by atoms with Gasteiger partial charge in [-0.05, 0) is 44.8 Å². The number of pyridine rings is 1. The van der Waals surface area contributed by atoms with Gasteiger partial charge in [0, 0.05) is 29.6 Å². The van der Waals surface area contributed by atoms with Crippen molar-refractivity contribution in [2.24, 2.45) is 0 Å². The van der Waals surface area contributed by atoms with Gasteiger partial charge in [-0.25, -0.2) is 0 Å². The molecule has 0 saturated heterocycles. The number of rotatable bonds is 9. The highest BCUT2D eigenvalue weighted by molar-refractivity contribution is 5.93. The number of carbonyl (C=O) groups is 1. The molecule has 0 fully saturated rings. The lowest BCUT2D eigenvalue weighted by Crippen LogP contribution is -2.24. The van der Waals surface area contributed by atoms with Crippen LogP contribution in [0.4, 0.5) is 17.1 Å². The van der Waals surface area contributed by atoms with Crippen LogP contribution in [0, 0.1) is 10.1 Å². The molecule has 0 spiro atoms. The third-order valence-corrected chi connectivity index (χ3v) is 4.83. The maximum atomic E-state index is 11.7. The normalized spacial score (nSPS) is 10.8. The molecule has 2 aromatic carbocycles. The average molecular weight is 404 g/mol. The molecule has 0 unspecified atom stereocenters. The molecule has 0 N–H and O–H groups in total. The van der Waals surface area contributed by atoms with E-state index >= 15 is 0 Å². The third kappa shape index (κ3) is 4.69. The molecule has 3 rings (SSSR count). The van der Waals surface area contributed by atoms with E-state index in [1.54, 1.807) is 18.3 Å². The number of benzene rings is 2. The molecule has 0 aliphatic rings. The second kappa shape index (κ2) is 9.76. The highest BCUT2D eigenvalue weighted by Gasteiger charge is 2.23. The average Bonchev–Trinajstić information content (AvgIpc) is 2.76. The standard InChI is InChI=1S/C23H24N4O3/c1-25(2)14-7-15-26(22-12-13-24-16-23(22)27(29)30)21-11-6-5-10-20(21)19-9-4-3-8-18(19)17-28/h3-6,8-13,16-17H,7,14-15H2,1-2H3. The van der Waals surface area contributed by atoms with E-state index < -0.39 is 4.92 Å². The Hall–Kier alpha value is -3.58. The molecule has 1 heterocycles. The molecule has 0 bridgehead atoms. The van der Waals surface area contributed by atoms with Crippen molar-refractivity contribution in [2.45, 2.75) is 6.42 Å². The Bertz CT molecular complexity index is 1040. The van der Waals surface area contributed by atoms with E-state index in [1.165, 1.54) is 6.20 Å². The molecule has 3 aromatic rings. The summed E-state index contributed by atoms with van der Waals surface area (Å²) < 4.78 is 0. The number of para-hydroxylation sites is 1. The van der Waals surface area contributed by atoms with Gasteiger partial charge in [-0.15, -0.1) is 0 Å². The van der Waals surface area contributed by atoms with Crippen LogP contribution in [0.25, 0.3) is 11.1 Å². The topological polar surface area (TPSA) is 79.6 Å². The van der Waals surface area contributed by atoms with E-state index in [0.29, 0.717) is 17.8 Å². The number of nitrogens with zero attached hydrogens (tertiary/aromatic N) is 4. The summed E-state index contributed by atoms with van der Waals surface area (Å²) in [6.45, 7) is 1.41. The Morgan fingerprint density at radius 3 is 2.37 bits per heavy atom. The van der Waals surface area contributed by atoms with Gasteiger partial charge >= 0.3 is 5.69 Å². The van der Waals surface area contributed by atoms with E-state index in [9.17, 15) is 14.9 Å². The SMILES string of the molecule is CN(C)CCCN(c1ccccc1-c1ccccc1C=O)c1ccncc1[N+](=O)[O-]. The number of anilines is 2. The fourth-order valence-corrected chi connectivity index (χ4v) is 3.45. The number of hydrogen-bond donors (Lipinski definition) is 0. The minimum atomic E-state index is -0.413. The summed E-state index contributed by atoms with van der Waals surface area (Å²) in [6.07, 6.45) is 4.47. The van der Waals surface area contributed by atoms with Crippen molar-refractivity contribution < 1.29 is 9.72 Å². The van der Waals surface area contributed by atoms with Crippen LogP contribution in [0.3, 0.4) is 0 Å². The fourth-order valence-electron chi connectivity index (χ4n) is 3.45. The monoisotopic (exact) mass is 404 g/mol. The van der Waals surface area contributed by atoms with Crippen LogP contribution < -0.4 is 4.90 Å². The van der Waals surface area contributed by atoms with Crippen molar-refractivity contribution in [1.82, 2.24) is 9.88 Å². The van der Waals surface area contributed by atoms with Crippen molar-refractivity contribution in [3.05, 3.63) is 82.7 Å². The molecule has 154 valence electrons. The number of hydrogen-bond acceptors (Lipinski definition) is 6. The number of aromatic nitrogens is 1. The van der Waals surface area contributed by atoms with Crippen LogP contribution in [-0.4, -0.2) is 48.3 Å². The van der Waals surface area contributed by atoms with Crippen molar-refractivity contribution >= 4 is 23.3 Å². The quantitative estimate of drug-likeness (QED) is 0.295. The van der Waals surface area contributed by atoms with E-state index in [0.717, 1.165) is 36.1 Å². The molecule has 0 amide bonds. The van der Waals surface area contributed by atoms with Gasteiger partial charge in [0.1, 0.15) is 11.9 Å². The predicted molar refractivity (Wildman–Crippen MR) is 118 cm³/mol. The second-order valence-corrected chi connectivity index (χ2v) is 7.15. The fraction of sp³-hybridized carbons (Fsp3) is 0.217. The van der Waals surface area contributed by atoms with Crippen molar-refractivity contribution in [1.29, 1.82) is 0 Å². The third-order valence-electron chi connectivity index (χ3n) is 4.83. The number of nitro groups is 1. The molecule has 1 aromatic heterocycles. The summed E-state index contributed by atoms with van der Waals surface area (Å²) in [6, 6.07) is 16.7. The first-order valence-electron chi connectivity index (χ1n) is 9.67. The molecule has 0 aliphatic carbocycles. The van der Waals surface area contributed by atoms with Crippen LogP contribution in [0.2, 0.25) is 0 Å². The van der Waals surface area contributed by atoms with Gasteiger partial charge in [0.15, 0.2) is 6.29 Å². The summed E-state index contributed by atoms with van der Waals surface area (Å²) >= 11 is 0. The molecule has 0 radical (unpaired) electrons. The van der Waals surface area contributed by atoms with E-state index in [2.05, 4.69) is 9.88 Å². The molecule has 0 aliphatic heterocycles. The summed E-state index contributed by atoms with van der Waals surface area (Å²) in [5.74, 6) is 0. The highest BCUT2D eigenvalue weighted by Crippen LogP contribution is 2.39. The first kappa shape index (κ1) is 21.1. The molecule has 0 saturated carbocycles. The Kier molecular flexibility index (Phi) is 6.87. The van der Waals surface area contributed by atoms with Crippen LogP contribution in [0.5, 0.6) is 0 Å². The lowest BCUT2D eigenvalue weighted by atomic mass is 9.98. The zero-order chi connectivity index (χ0) is 21.5. The van der Waals surface area contributed by atoms with Crippen LogP contribution in [-0.2, 0) is 0 Å². The van der Waals surface area contributed by atoms with Crippen molar-refractivity contribution in [3.8, 4) is 11.1 Å². The maximum Gasteiger partial charge on any atom is 0.310 e. The molecule has 0 atom stereocenters. The van der Waals surface area contributed by atoms with Gasteiger partial charge in [-0.3, -0.25) is 19.9 Å². The molecule has 7 heteroatoms. The van der Waals surface area contributed by atoms with Gasteiger partial charge in [0.2, 0.25) is 0 Å². The maximum absolute atomic E-state index is 11.7. The van der Waals surface area contributed by atoms with Crippen LogP contribution >= 0.6 is 0 Å². The summed E-state index contributed by atoms with van der Waals surface area (Å²) in [5, 5.41) is 11.7. The van der Waals surface area contributed by atoms with Crippen molar-refractivity contribution in [2.75, 3.05) is 32.1 Å². The second-order valence-electron chi connectivity index (χ2n) is 7.15. The zero-order valence-corrected chi connectivity index (χ0v) is 17.1. The highest BCUT2D eigenvalue weighted by atomic mass is 16.6. The first-order valence-corrected chi connectivity index (χ1v) is 9.67. The minimum Gasteiger partial charge on any atom is -0.335 e. The molecule has 7 nitrogen and oxygen atoms in total. The van der Waals surface area contributed by atoms with Crippen LogP contribution in [0.15, 0.2) is 67.0 Å². The Morgan fingerprint density at radius 1 is 0.967 bits per heavy atom. The van der Waals surface area contributed by atoms with E-state index in [1.807, 2.05) is 61.5 Å². The van der Waals surface area contributed by atoms with E-state index in [-0.39, 0.29) is 5.69 Å². The molecular weight excluding hydrogens is 380 g/mol. The van der Waals surface area contributed by atoms with Gasteiger partial charge in [0.05, 0.1) is 4.92 Å². The Balaban J connectivity index is 2.16. The Morgan fingerprint density at radius 2 is 1.67 bits per heavy atom. The van der Waals surface area contributed by atoms with Crippen molar-refractivity contribution in [3.63, 3.8) is 0 Å². The number of aldehydes is 1. The van der Waals surface area contributed by atoms with Crippen LogP contribution in [0.1, 0.15) is 16.8 Å².